The first-order valence-corrected chi connectivity index (χ1v) is 25.6. The number of aliphatic hydroxyl groups excluding tert-OH is 4. The summed E-state index contributed by atoms with van der Waals surface area (Å²) in [7, 11) is -10.6. The molecule has 7 N–H and O–H groups in total. The number of phosphoric acid groups is 2. The molecule has 0 heterocycles. The summed E-state index contributed by atoms with van der Waals surface area (Å²) in [5.41, 5.74) is 0. The standard InChI is InChI=1S/C41H80O16P2/c1-3-5-7-9-11-13-15-17-19-21-23-25-27-29-34(42)53-31-33(55-35(43)30-28-26-24-22-20-18-16-14-12-10-8-6-4-2)32-54-59(51,52)57-41-38(46)36(44)37(45)40(39(41)47)56-58(48,49)50/h33,36-41,44-47H,3-32H2,1-2H3,(H,51,52)(H2,48,49,50)/t33-,36-,37-,38+,39+,40+,41-/m0/s1. The van der Waals surface area contributed by atoms with E-state index in [0.29, 0.717) is 12.8 Å². The lowest BCUT2D eigenvalue weighted by Gasteiger charge is -2.43. The molecule has 0 spiro atoms. The molecule has 0 saturated heterocycles. The van der Waals surface area contributed by atoms with Crippen molar-refractivity contribution in [1.29, 1.82) is 0 Å². The number of unbranched alkanes of at least 4 members (excludes halogenated alkanes) is 24. The Hall–Kier alpha value is -1.00. The van der Waals surface area contributed by atoms with Crippen LogP contribution in [-0.4, -0.2) is 103 Å². The van der Waals surface area contributed by atoms with E-state index in [1.807, 2.05) is 0 Å². The topological polar surface area (TPSA) is 256 Å². The Morgan fingerprint density at radius 3 is 1.22 bits per heavy atom. The summed E-state index contributed by atoms with van der Waals surface area (Å²) >= 11 is 0. The molecule has 59 heavy (non-hydrogen) atoms. The SMILES string of the molecule is CCCCCCCCCCCCCCCC(=O)OC[C@@H](COP(=O)(O)O[C@@H]1[C@H](O)[C@H](OP(=O)(O)O)[C@@H](O)[C@H](O)[C@H]1O)OC(=O)CCCCCCCCCCCCCCC. The Morgan fingerprint density at radius 1 is 0.475 bits per heavy atom. The quantitative estimate of drug-likeness (QED) is 0.0177. The largest absolute Gasteiger partial charge is 0.472 e. The Balaban J connectivity index is 2.61. The molecule has 18 heteroatoms. The summed E-state index contributed by atoms with van der Waals surface area (Å²) in [4.78, 5) is 54.1. The summed E-state index contributed by atoms with van der Waals surface area (Å²) in [6, 6.07) is 0. The van der Waals surface area contributed by atoms with Crippen LogP contribution >= 0.6 is 15.6 Å². The van der Waals surface area contributed by atoms with Gasteiger partial charge in [0.1, 0.15) is 43.2 Å². The van der Waals surface area contributed by atoms with E-state index in [-0.39, 0.29) is 12.8 Å². The molecule has 1 aliphatic rings. The van der Waals surface area contributed by atoms with Crippen LogP contribution in [0.1, 0.15) is 194 Å². The van der Waals surface area contributed by atoms with Crippen LogP contribution < -0.4 is 0 Å². The number of ether oxygens (including phenoxy) is 2. The Morgan fingerprint density at radius 2 is 0.831 bits per heavy atom. The van der Waals surface area contributed by atoms with E-state index in [1.165, 1.54) is 103 Å². The van der Waals surface area contributed by atoms with Crippen LogP contribution in [0, 0.1) is 0 Å². The maximum absolute atomic E-state index is 12.9. The highest BCUT2D eigenvalue weighted by molar-refractivity contribution is 7.47. The summed E-state index contributed by atoms with van der Waals surface area (Å²) < 4.78 is 49.3. The molecule has 0 bridgehead atoms. The van der Waals surface area contributed by atoms with Gasteiger partial charge >= 0.3 is 27.6 Å². The third kappa shape index (κ3) is 28.3. The lowest BCUT2D eigenvalue weighted by molar-refractivity contribution is -0.216. The number of esters is 2. The number of phosphoric ester groups is 2. The van der Waals surface area contributed by atoms with E-state index in [0.717, 1.165) is 51.4 Å². The van der Waals surface area contributed by atoms with E-state index in [1.54, 1.807) is 0 Å². The second-order valence-corrected chi connectivity index (χ2v) is 18.7. The molecule has 0 aromatic rings. The summed E-state index contributed by atoms with van der Waals surface area (Å²) in [6.45, 7) is 3.11. The highest BCUT2D eigenvalue weighted by Gasteiger charge is 2.54. The maximum Gasteiger partial charge on any atom is 0.472 e. The molecule has 8 atom stereocenters. The summed E-state index contributed by atoms with van der Waals surface area (Å²) in [5, 5.41) is 41.1. The average molecular weight is 891 g/mol. The molecule has 0 aromatic carbocycles. The first-order chi connectivity index (χ1) is 28.1. The van der Waals surface area contributed by atoms with Crippen molar-refractivity contribution < 1.29 is 76.9 Å². The predicted molar refractivity (Wildman–Crippen MR) is 223 cm³/mol. The zero-order chi connectivity index (χ0) is 43.9. The molecule has 0 aromatic heterocycles. The molecule has 0 radical (unpaired) electrons. The van der Waals surface area contributed by atoms with Crippen molar-refractivity contribution in [1.82, 2.24) is 0 Å². The van der Waals surface area contributed by atoms with Crippen molar-refractivity contribution in [2.75, 3.05) is 13.2 Å². The minimum absolute atomic E-state index is 0.0517. The molecule has 16 nitrogen and oxygen atoms in total. The summed E-state index contributed by atoms with van der Waals surface area (Å²) in [5.74, 6) is -1.19. The highest BCUT2D eigenvalue weighted by Crippen LogP contribution is 2.49. The fraction of sp³-hybridized carbons (Fsp3) is 0.951. The Labute approximate surface area is 353 Å². The van der Waals surface area contributed by atoms with Gasteiger partial charge < -0.3 is 44.6 Å². The van der Waals surface area contributed by atoms with Crippen LogP contribution in [-0.2, 0) is 41.8 Å². The van der Waals surface area contributed by atoms with E-state index >= 15 is 0 Å². The van der Waals surface area contributed by atoms with Crippen LogP contribution in [0.3, 0.4) is 0 Å². The second-order valence-electron chi connectivity index (χ2n) is 16.1. The fourth-order valence-corrected chi connectivity index (χ4v) is 8.68. The summed E-state index contributed by atoms with van der Waals surface area (Å²) in [6.07, 6.45) is 15.0. The molecule has 1 unspecified atom stereocenters. The van der Waals surface area contributed by atoms with Gasteiger partial charge in [0.25, 0.3) is 0 Å². The molecule has 0 amide bonds. The number of carbonyl (C=O) groups is 2. The lowest BCUT2D eigenvalue weighted by Crippen LogP contribution is -2.64. The maximum atomic E-state index is 12.9. The first kappa shape index (κ1) is 56.0. The van der Waals surface area contributed by atoms with Crippen LogP contribution in [0.25, 0.3) is 0 Å². The Bertz CT molecular complexity index is 1170. The molecular formula is C41H80O16P2. The van der Waals surface area contributed by atoms with Crippen molar-refractivity contribution in [2.45, 2.75) is 236 Å². The number of hydrogen-bond donors (Lipinski definition) is 7. The van der Waals surface area contributed by atoms with Crippen molar-refractivity contribution in [2.24, 2.45) is 0 Å². The molecule has 350 valence electrons. The molecule has 1 fully saturated rings. The molecule has 0 aliphatic heterocycles. The Kier molecular flexibility index (Phi) is 31.8. The minimum Gasteiger partial charge on any atom is -0.462 e. The molecule has 1 rings (SSSR count). The number of hydrogen-bond acceptors (Lipinski definition) is 13. The number of carbonyl (C=O) groups excluding carboxylic acids is 2. The van der Waals surface area contributed by atoms with E-state index in [4.69, 9.17) is 28.3 Å². The van der Waals surface area contributed by atoms with E-state index in [9.17, 15) is 44.0 Å². The van der Waals surface area contributed by atoms with Gasteiger partial charge in [-0.2, -0.15) is 0 Å². The highest BCUT2D eigenvalue weighted by atomic mass is 31.2. The van der Waals surface area contributed by atoms with Gasteiger partial charge in [0.05, 0.1) is 6.61 Å². The van der Waals surface area contributed by atoms with Crippen LogP contribution in [0.4, 0.5) is 0 Å². The van der Waals surface area contributed by atoms with Gasteiger partial charge in [-0.05, 0) is 12.8 Å². The zero-order valence-electron chi connectivity index (χ0n) is 36.0. The van der Waals surface area contributed by atoms with Crippen LogP contribution in [0.2, 0.25) is 0 Å². The smallest absolute Gasteiger partial charge is 0.462 e. The average Bonchev–Trinajstić information content (AvgIpc) is 3.18. The van der Waals surface area contributed by atoms with Crippen molar-refractivity contribution >= 4 is 27.6 Å². The van der Waals surface area contributed by atoms with Gasteiger partial charge in [-0.15, -0.1) is 0 Å². The minimum atomic E-state index is -5.35. The normalized spacial score (nSPS) is 22.5. The predicted octanol–water partition coefficient (Wildman–Crippen LogP) is 7.84. The van der Waals surface area contributed by atoms with E-state index in [2.05, 4.69) is 18.4 Å². The second kappa shape index (κ2) is 33.5. The third-order valence-corrected chi connectivity index (χ3v) is 12.2. The van der Waals surface area contributed by atoms with Gasteiger partial charge in [-0.25, -0.2) is 9.13 Å². The number of aliphatic hydroxyl groups is 4. The van der Waals surface area contributed by atoms with Crippen LogP contribution in [0.5, 0.6) is 0 Å². The van der Waals surface area contributed by atoms with Crippen molar-refractivity contribution in [3.8, 4) is 0 Å². The lowest BCUT2D eigenvalue weighted by atomic mass is 9.85. The van der Waals surface area contributed by atoms with E-state index < -0.39 is 83.5 Å². The van der Waals surface area contributed by atoms with Crippen molar-refractivity contribution in [3.63, 3.8) is 0 Å². The van der Waals surface area contributed by atoms with Gasteiger partial charge in [0, 0.05) is 12.8 Å². The first-order valence-electron chi connectivity index (χ1n) is 22.6. The molecule has 1 saturated carbocycles. The third-order valence-electron chi connectivity index (χ3n) is 10.7. The van der Waals surface area contributed by atoms with Crippen LogP contribution in [0.15, 0.2) is 0 Å². The number of rotatable bonds is 38. The monoisotopic (exact) mass is 890 g/mol. The molecular weight excluding hydrogens is 810 g/mol. The van der Waals surface area contributed by atoms with Gasteiger partial charge in [-0.3, -0.25) is 23.2 Å². The zero-order valence-corrected chi connectivity index (χ0v) is 37.7. The van der Waals surface area contributed by atoms with Gasteiger partial charge in [-0.1, -0.05) is 168 Å². The fourth-order valence-electron chi connectivity index (χ4n) is 7.14. The molecule has 1 aliphatic carbocycles. The van der Waals surface area contributed by atoms with Crippen molar-refractivity contribution in [3.05, 3.63) is 0 Å². The van der Waals surface area contributed by atoms with Gasteiger partial charge in [0.15, 0.2) is 6.10 Å². The van der Waals surface area contributed by atoms with Gasteiger partial charge in [0.2, 0.25) is 0 Å².